The van der Waals surface area contributed by atoms with Crippen LogP contribution in [-0.2, 0) is 0 Å². The van der Waals surface area contributed by atoms with E-state index in [1.165, 1.54) is 38.2 Å². The molecule has 0 bridgehead atoms. The minimum absolute atomic E-state index is 0.906. The fourth-order valence-electron chi connectivity index (χ4n) is 5.90. The van der Waals surface area contributed by atoms with Gasteiger partial charge in [-0.05, 0) is 57.3 Å². The Kier molecular flexibility index (Phi) is 4.26. The van der Waals surface area contributed by atoms with E-state index in [-0.39, 0.29) is 0 Å². The van der Waals surface area contributed by atoms with E-state index in [9.17, 15) is 0 Å². The quantitative estimate of drug-likeness (QED) is 0.185. The molecule has 2 heteroatoms. The van der Waals surface area contributed by atoms with Crippen LogP contribution in [0.25, 0.3) is 76.6 Å². The summed E-state index contributed by atoms with van der Waals surface area (Å²) in [4.78, 5) is 4.92. The Balaban J connectivity index is 1.59. The van der Waals surface area contributed by atoms with Crippen LogP contribution in [0.5, 0.6) is 0 Å². The van der Waals surface area contributed by atoms with Gasteiger partial charge in [-0.3, -0.25) is 4.98 Å². The van der Waals surface area contributed by atoms with E-state index in [0.29, 0.717) is 0 Å². The second kappa shape index (κ2) is 7.78. The molecule has 37 heavy (non-hydrogen) atoms. The third kappa shape index (κ3) is 2.96. The maximum absolute atomic E-state index is 6.14. The Morgan fingerprint density at radius 3 is 1.92 bits per heavy atom. The summed E-state index contributed by atoms with van der Waals surface area (Å²) in [6.07, 6.45) is 2.06. The average molecular weight is 472 g/mol. The Morgan fingerprint density at radius 1 is 0.432 bits per heavy atom. The van der Waals surface area contributed by atoms with Gasteiger partial charge in [0.15, 0.2) is 0 Å². The molecule has 0 aliphatic rings. The van der Waals surface area contributed by atoms with Crippen molar-refractivity contribution < 1.29 is 4.42 Å². The molecule has 8 rings (SSSR count). The molecule has 6 aromatic carbocycles. The maximum atomic E-state index is 6.14. The highest BCUT2D eigenvalue weighted by Gasteiger charge is 2.19. The van der Waals surface area contributed by atoms with Crippen molar-refractivity contribution in [3.8, 4) is 22.3 Å². The Hall–Kier alpha value is -4.95. The number of furan rings is 1. The monoisotopic (exact) mass is 471 g/mol. The predicted molar refractivity (Wildman–Crippen MR) is 155 cm³/mol. The highest BCUT2D eigenvalue weighted by molar-refractivity contribution is 6.27. The zero-order valence-electron chi connectivity index (χ0n) is 20.0. The third-order valence-electron chi connectivity index (χ3n) is 7.49. The lowest BCUT2D eigenvalue weighted by Gasteiger charge is -2.19. The van der Waals surface area contributed by atoms with Gasteiger partial charge in [0.1, 0.15) is 11.2 Å². The number of fused-ring (bicyclic) bond motifs is 7. The molecule has 0 aliphatic heterocycles. The number of benzene rings is 6. The first-order valence-electron chi connectivity index (χ1n) is 12.6. The molecular formula is C35H21NO. The van der Waals surface area contributed by atoms with Crippen molar-refractivity contribution in [2.75, 3.05) is 0 Å². The number of hydrogen-bond acceptors (Lipinski definition) is 2. The summed E-state index contributed by atoms with van der Waals surface area (Å²) >= 11 is 0. The zero-order valence-corrected chi connectivity index (χ0v) is 20.0. The third-order valence-corrected chi connectivity index (χ3v) is 7.49. The van der Waals surface area contributed by atoms with E-state index in [1.54, 1.807) is 0 Å². The summed E-state index contributed by atoms with van der Waals surface area (Å²) in [6.45, 7) is 0. The van der Waals surface area contributed by atoms with Crippen molar-refractivity contribution in [2.45, 2.75) is 0 Å². The molecule has 0 N–H and O–H groups in total. The normalized spacial score (nSPS) is 11.8. The molecule has 0 spiro atoms. The standard InChI is InChI=1S/C35H21NO/c1-2-10-22(11-3-1)34-26-14-5-4-13-25(26)33(29-21-36-30-16-8-6-15-27(30)35(29)34)23-18-19-32-28(20-23)24-12-7-9-17-31(24)37-32/h1-21H. The van der Waals surface area contributed by atoms with Crippen molar-refractivity contribution in [1.29, 1.82) is 0 Å². The first-order chi connectivity index (χ1) is 18.4. The number of pyridine rings is 1. The lowest BCUT2D eigenvalue weighted by atomic mass is 9.85. The molecule has 2 aromatic heterocycles. The van der Waals surface area contributed by atoms with Gasteiger partial charge < -0.3 is 4.42 Å². The van der Waals surface area contributed by atoms with Crippen molar-refractivity contribution in [2.24, 2.45) is 0 Å². The van der Waals surface area contributed by atoms with Crippen LogP contribution in [-0.4, -0.2) is 4.98 Å². The number of aromatic nitrogens is 1. The molecule has 0 amide bonds. The van der Waals surface area contributed by atoms with Gasteiger partial charge in [-0.2, -0.15) is 0 Å². The van der Waals surface area contributed by atoms with Gasteiger partial charge in [0.2, 0.25) is 0 Å². The van der Waals surface area contributed by atoms with E-state index in [0.717, 1.165) is 38.4 Å². The van der Waals surface area contributed by atoms with E-state index < -0.39 is 0 Å². The van der Waals surface area contributed by atoms with Crippen LogP contribution < -0.4 is 0 Å². The molecule has 0 saturated heterocycles. The highest BCUT2D eigenvalue weighted by atomic mass is 16.3. The van der Waals surface area contributed by atoms with Crippen molar-refractivity contribution in [3.05, 3.63) is 128 Å². The minimum atomic E-state index is 0.906. The summed E-state index contributed by atoms with van der Waals surface area (Å²) < 4.78 is 6.14. The largest absolute Gasteiger partial charge is 0.456 e. The van der Waals surface area contributed by atoms with Crippen LogP contribution in [0.3, 0.4) is 0 Å². The number of nitrogens with zero attached hydrogens (tertiary/aromatic N) is 1. The van der Waals surface area contributed by atoms with Gasteiger partial charge in [0.05, 0.1) is 5.52 Å². The highest BCUT2D eigenvalue weighted by Crippen LogP contribution is 2.46. The van der Waals surface area contributed by atoms with Gasteiger partial charge in [-0.1, -0.05) is 97.1 Å². The number of hydrogen-bond donors (Lipinski definition) is 0. The molecule has 0 aliphatic carbocycles. The van der Waals surface area contributed by atoms with Crippen molar-refractivity contribution in [3.63, 3.8) is 0 Å². The number of para-hydroxylation sites is 2. The average Bonchev–Trinajstić information content (AvgIpc) is 3.34. The molecular weight excluding hydrogens is 450 g/mol. The first kappa shape index (κ1) is 20.3. The smallest absolute Gasteiger partial charge is 0.135 e. The van der Waals surface area contributed by atoms with Crippen molar-refractivity contribution in [1.82, 2.24) is 4.98 Å². The van der Waals surface area contributed by atoms with Crippen LogP contribution in [0.1, 0.15) is 0 Å². The SMILES string of the molecule is c1ccc(-c2c3ccccc3c(-c3ccc4oc5ccccc5c4c3)c3cnc4ccccc4c23)cc1. The molecule has 2 nitrogen and oxygen atoms in total. The molecule has 0 unspecified atom stereocenters. The second-order valence-electron chi connectivity index (χ2n) is 9.53. The van der Waals surface area contributed by atoms with Crippen LogP contribution in [0, 0.1) is 0 Å². The Labute approximate surface area is 213 Å². The summed E-state index contributed by atoms with van der Waals surface area (Å²) in [5.74, 6) is 0. The first-order valence-corrected chi connectivity index (χ1v) is 12.6. The predicted octanol–water partition coefficient (Wildman–Crippen LogP) is 9.77. The lowest BCUT2D eigenvalue weighted by molar-refractivity contribution is 0.669. The summed E-state index contributed by atoms with van der Waals surface area (Å²) in [5, 5.41) is 8.29. The molecule has 0 saturated carbocycles. The van der Waals surface area contributed by atoms with Crippen LogP contribution in [0.15, 0.2) is 132 Å². The van der Waals surface area contributed by atoms with Crippen LogP contribution in [0.4, 0.5) is 0 Å². The minimum Gasteiger partial charge on any atom is -0.456 e. The number of rotatable bonds is 2. The van der Waals surface area contributed by atoms with Gasteiger partial charge in [0.25, 0.3) is 0 Å². The van der Waals surface area contributed by atoms with E-state index >= 15 is 0 Å². The maximum Gasteiger partial charge on any atom is 0.135 e. The molecule has 0 radical (unpaired) electrons. The van der Waals surface area contributed by atoms with E-state index in [4.69, 9.17) is 9.40 Å². The van der Waals surface area contributed by atoms with Crippen molar-refractivity contribution >= 4 is 54.4 Å². The molecule has 0 atom stereocenters. The molecule has 8 aromatic rings. The Morgan fingerprint density at radius 2 is 1.08 bits per heavy atom. The van der Waals surface area contributed by atoms with E-state index in [2.05, 4.69) is 115 Å². The summed E-state index contributed by atoms with van der Waals surface area (Å²) in [5.41, 5.74) is 7.66. The zero-order chi connectivity index (χ0) is 24.3. The fourth-order valence-corrected chi connectivity index (χ4v) is 5.90. The van der Waals surface area contributed by atoms with Gasteiger partial charge >= 0.3 is 0 Å². The topological polar surface area (TPSA) is 26.0 Å². The molecule has 172 valence electrons. The summed E-state index contributed by atoms with van der Waals surface area (Å²) in [7, 11) is 0. The van der Waals surface area contributed by atoms with Crippen LogP contribution >= 0.6 is 0 Å². The second-order valence-corrected chi connectivity index (χ2v) is 9.53. The lowest BCUT2D eigenvalue weighted by Crippen LogP contribution is -1.93. The molecule has 0 fully saturated rings. The molecule has 2 heterocycles. The Bertz CT molecular complexity index is 2140. The fraction of sp³-hybridized carbons (Fsp3) is 0. The van der Waals surface area contributed by atoms with Gasteiger partial charge in [-0.15, -0.1) is 0 Å². The van der Waals surface area contributed by atoms with Crippen LogP contribution in [0.2, 0.25) is 0 Å². The van der Waals surface area contributed by atoms with Gasteiger partial charge in [0, 0.05) is 33.1 Å². The summed E-state index contributed by atoms with van der Waals surface area (Å²) in [6, 6.07) is 42.8. The van der Waals surface area contributed by atoms with E-state index in [1.807, 2.05) is 12.1 Å². The van der Waals surface area contributed by atoms with Gasteiger partial charge in [-0.25, -0.2) is 0 Å².